The van der Waals surface area contributed by atoms with Crippen molar-refractivity contribution in [2.75, 3.05) is 9.80 Å². The number of hydrogen-bond acceptors (Lipinski definition) is 4. The maximum Gasteiger partial charge on any atom is 0.136 e. The molecule has 0 amide bonds. The number of furan rings is 1. The van der Waals surface area contributed by atoms with Crippen molar-refractivity contribution in [2.45, 2.75) is 10.8 Å². The van der Waals surface area contributed by atoms with Crippen LogP contribution < -0.4 is 9.80 Å². The van der Waals surface area contributed by atoms with Crippen molar-refractivity contribution in [1.29, 1.82) is 0 Å². The number of rotatable bonds is 12. The number of aromatic nitrogens is 2. The maximum absolute atomic E-state index is 6.37. The van der Waals surface area contributed by atoms with E-state index in [0.717, 1.165) is 78.3 Å². The molecule has 0 saturated heterocycles. The molecular weight excluding hydrogens is 1710 g/mol. The molecule has 0 saturated carbocycles. The van der Waals surface area contributed by atoms with Gasteiger partial charge in [0.05, 0.1) is 67.0 Å². The smallest absolute Gasteiger partial charge is 0.136 e. The zero-order valence-electron chi connectivity index (χ0n) is 76.1. The fourth-order valence-electron chi connectivity index (χ4n) is 24.9. The first-order valence-corrected chi connectivity index (χ1v) is 49.2. The molecule has 2 aliphatic heterocycles. The van der Waals surface area contributed by atoms with Gasteiger partial charge in [0.15, 0.2) is 0 Å². The van der Waals surface area contributed by atoms with Gasteiger partial charge in [-0.1, -0.05) is 406 Å². The van der Waals surface area contributed by atoms with Gasteiger partial charge in [-0.2, -0.15) is 0 Å². The van der Waals surface area contributed by atoms with Crippen LogP contribution in [-0.4, -0.2) is 9.13 Å². The molecule has 26 aromatic rings. The molecule has 0 radical (unpaired) electrons. The van der Waals surface area contributed by atoms with E-state index in [-0.39, 0.29) is 0 Å². The molecule has 4 aliphatic rings. The Morgan fingerprint density at radius 3 is 1.09 bits per heavy atom. The lowest BCUT2D eigenvalue weighted by molar-refractivity contribution is 0.669. The van der Waals surface area contributed by atoms with E-state index in [1.54, 1.807) is 0 Å². The van der Waals surface area contributed by atoms with Crippen molar-refractivity contribution in [3.63, 3.8) is 0 Å². The van der Waals surface area contributed by atoms with E-state index in [0.29, 0.717) is 0 Å². The summed E-state index contributed by atoms with van der Waals surface area (Å²) in [7, 11) is 0. The van der Waals surface area contributed by atoms with E-state index in [1.807, 2.05) is 23.5 Å². The van der Waals surface area contributed by atoms with E-state index in [4.69, 9.17) is 4.42 Å². The van der Waals surface area contributed by atoms with E-state index < -0.39 is 10.8 Å². The molecule has 2 spiro atoms. The van der Waals surface area contributed by atoms with Gasteiger partial charge in [0, 0.05) is 86.1 Å². The van der Waals surface area contributed by atoms with Gasteiger partial charge in [-0.3, -0.25) is 0 Å². The van der Waals surface area contributed by atoms with Crippen LogP contribution in [0.3, 0.4) is 0 Å². The summed E-state index contributed by atoms with van der Waals surface area (Å²) in [5, 5.41) is 9.99. The molecule has 6 heterocycles. The third-order valence-corrected chi connectivity index (χ3v) is 31.6. The topological polar surface area (TPSA) is 29.5 Å². The normalized spacial score (nSPS) is 14.3. The minimum absolute atomic E-state index is 0.584. The number of para-hydroxylation sites is 9. The van der Waals surface area contributed by atoms with E-state index in [1.165, 1.54) is 186 Å². The van der Waals surface area contributed by atoms with Gasteiger partial charge < -0.3 is 23.4 Å². The standard InChI is InChI=1S/C67H42N2O.C67H42N2S/c1-2-18-44(19-3-1)47-20-4-5-21-48(47)49-22-7-12-31-59(49)68(46-39-36-43(37-40-46)45-38-41-52-51-24-9-15-35-63(51)70-64(52)42-45)62-34-17-29-57-65(62)54-25-6-10-27-55(54)67(57)56-28-11-14-33-61(56)69-60-32-13-8-23-50(60)53-26-16-30-58(67)66(53)69;1-2-19-43(20-3-1)46-21-4-5-22-48(46)49-23-7-12-33-58(49)68(45-41-39-44(40-42-45)47-27-17-38-63-64(47)53-26-9-15-37-62(53)70-63)61-36-18-31-56-65(61)52-25-6-10-29-54(52)67(56)55-30-11-14-35-60(55)69-59-34-13-8-24-50(59)51-28-16-32-57(67)66(51)69/h2*1-42H. The largest absolute Gasteiger partial charge is 0.456 e. The summed E-state index contributed by atoms with van der Waals surface area (Å²) >= 11 is 1.87. The lowest BCUT2D eigenvalue weighted by atomic mass is 9.65. The molecule has 30 rings (SSSR count). The summed E-state index contributed by atoms with van der Waals surface area (Å²) in [6.45, 7) is 0. The summed E-state index contributed by atoms with van der Waals surface area (Å²) in [5.41, 5.74) is 44.2. The molecule has 2 aliphatic carbocycles. The minimum Gasteiger partial charge on any atom is -0.456 e. The zero-order valence-corrected chi connectivity index (χ0v) is 76.9. The lowest BCUT2D eigenvalue weighted by Crippen LogP contribution is -2.33. The first kappa shape index (κ1) is 79.4. The molecule has 22 aromatic carbocycles. The predicted molar refractivity (Wildman–Crippen MR) is 585 cm³/mol. The van der Waals surface area contributed by atoms with Crippen LogP contribution in [0.5, 0.6) is 0 Å². The number of fused-ring (bicyclic) bond motifs is 30. The van der Waals surface area contributed by atoms with Gasteiger partial charge in [0.2, 0.25) is 0 Å². The third-order valence-electron chi connectivity index (χ3n) is 30.4. The molecule has 2 unspecified atom stereocenters. The highest BCUT2D eigenvalue weighted by Crippen LogP contribution is 2.67. The number of thiophene rings is 1. The zero-order chi connectivity index (χ0) is 91.8. The highest BCUT2D eigenvalue weighted by atomic mass is 32.1. The fraction of sp³-hybridized carbons (Fsp3) is 0.0149. The first-order valence-electron chi connectivity index (χ1n) is 48.4. The van der Waals surface area contributed by atoms with Crippen LogP contribution in [-0.2, 0) is 10.8 Å². The molecule has 0 fully saturated rings. The molecule has 2 atom stereocenters. The van der Waals surface area contributed by atoms with Crippen LogP contribution >= 0.6 is 11.3 Å². The Morgan fingerprint density at radius 1 is 0.200 bits per heavy atom. The molecule has 652 valence electrons. The second-order valence-corrected chi connectivity index (χ2v) is 38.4. The summed E-state index contributed by atoms with van der Waals surface area (Å²) in [6, 6.07) is 189. The average molecular weight is 1800 g/mol. The third kappa shape index (κ3) is 11.5. The SMILES string of the molecule is c1ccc(-c2ccccc2-c2ccccc2N(c2ccc(-c3ccc4c(c3)oc3ccccc34)cc2)c2cccc3c2-c2ccccc2C32c3ccccc3-n3c4ccccc4c4cccc2c43)cc1.c1ccc(-c2ccccc2-c2ccccc2N(c2ccc(-c3cccc4sc5ccccc5c34)cc2)c2cccc3c2-c2ccccc2C32c3ccccc3-n3c4ccccc4c4cccc2c43)cc1. The van der Waals surface area contributed by atoms with E-state index in [9.17, 15) is 0 Å². The van der Waals surface area contributed by atoms with Crippen LogP contribution in [0.15, 0.2) is 514 Å². The van der Waals surface area contributed by atoms with Gasteiger partial charge >= 0.3 is 0 Å². The second kappa shape index (κ2) is 31.3. The van der Waals surface area contributed by atoms with E-state index >= 15 is 0 Å². The minimum atomic E-state index is -0.591. The highest BCUT2D eigenvalue weighted by molar-refractivity contribution is 7.26. The van der Waals surface area contributed by atoms with Crippen molar-refractivity contribution in [2.24, 2.45) is 0 Å². The fourth-order valence-corrected chi connectivity index (χ4v) is 26.0. The summed E-state index contributed by atoms with van der Waals surface area (Å²) in [6.07, 6.45) is 0. The van der Waals surface area contributed by atoms with Crippen LogP contribution in [0.1, 0.15) is 44.5 Å². The number of anilines is 6. The maximum atomic E-state index is 6.37. The van der Waals surface area contributed by atoms with Gasteiger partial charge in [0.25, 0.3) is 0 Å². The first-order chi connectivity index (χ1) is 69.5. The summed E-state index contributed by atoms with van der Waals surface area (Å²) in [4.78, 5) is 5.06. The summed E-state index contributed by atoms with van der Waals surface area (Å²) in [5.74, 6) is 0. The van der Waals surface area contributed by atoms with Crippen LogP contribution in [0.2, 0.25) is 0 Å². The van der Waals surface area contributed by atoms with Crippen molar-refractivity contribution in [1.82, 2.24) is 9.13 Å². The van der Waals surface area contributed by atoms with Crippen LogP contribution in [0, 0.1) is 0 Å². The van der Waals surface area contributed by atoms with Crippen LogP contribution in [0.4, 0.5) is 34.1 Å². The number of hydrogen-bond donors (Lipinski definition) is 0. The lowest BCUT2D eigenvalue weighted by Gasteiger charge is -2.39. The number of nitrogens with zero attached hydrogens (tertiary/aromatic N) is 4. The Bertz CT molecular complexity index is 9610. The molecular formula is C134H84N4OS. The van der Waals surface area contributed by atoms with Crippen LogP contribution in [0.25, 0.3) is 186 Å². The monoisotopic (exact) mass is 1800 g/mol. The van der Waals surface area contributed by atoms with Gasteiger partial charge in [-0.15, -0.1) is 11.3 Å². The van der Waals surface area contributed by atoms with E-state index in [2.05, 4.69) is 516 Å². The molecule has 0 N–H and O–H groups in total. The Balaban J connectivity index is 0.000000134. The van der Waals surface area contributed by atoms with Gasteiger partial charge in [-0.05, 0) is 214 Å². The molecule has 6 heteroatoms. The molecule has 140 heavy (non-hydrogen) atoms. The predicted octanol–water partition coefficient (Wildman–Crippen LogP) is 36.1. The summed E-state index contributed by atoms with van der Waals surface area (Å²) < 4.78 is 14.0. The quantitative estimate of drug-likeness (QED) is 0.122. The Labute approximate surface area is 813 Å². The highest BCUT2D eigenvalue weighted by Gasteiger charge is 2.54. The van der Waals surface area contributed by atoms with Crippen molar-refractivity contribution in [3.05, 3.63) is 554 Å². The molecule has 4 aromatic heterocycles. The van der Waals surface area contributed by atoms with Crippen molar-refractivity contribution in [3.8, 4) is 100 Å². The second-order valence-electron chi connectivity index (χ2n) is 37.3. The van der Waals surface area contributed by atoms with Crippen molar-refractivity contribution < 1.29 is 4.42 Å². The van der Waals surface area contributed by atoms with Gasteiger partial charge in [-0.25, -0.2) is 0 Å². The molecule has 5 nitrogen and oxygen atoms in total. The number of benzene rings is 22. The Morgan fingerprint density at radius 2 is 0.550 bits per heavy atom. The van der Waals surface area contributed by atoms with Crippen molar-refractivity contribution >= 4 is 131 Å². The Kier molecular flexibility index (Phi) is 17.8. The van der Waals surface area contributed by atoms with Gasteiger partial charge in [0.1, 0.15) is 11.2 Å². The Hall–Kier alpha value is -17.9. The molecule has 0 bridgehead atoms. The average Bonchev–Trinajstić information content (AvgIpc) is 1.50.